The zero-order valence-electron chi connectivity index (χ0n) is 31.3. The Hall–Kier alpha value is -4.24. The predicted octanol–water partition coefficient (Wildman–Crippen LogP) is 6.20. The third-order valence-electron chi connectivity index (χ3n) is 11.7. The third kappa shape index (κ3) is 9.25. The maximum Gasteiger partial charge on any atom is 0.418 e. The van der Waals surface area contributed by atoms with E-state index in [1.165, 1.54) is 11.0 Å². The molecule has 16 heteroatoms. The van der Waals surface area contributed by atoms with E-state index in [4.69, 9.17) is 26.8 Å². The van der Waals surface area contributed by atoms with Crippen molar-refractivity contribution < 1.29 is 41.8 Å². The highest BCUT2D eigenvalue weighted by molar-refractivity contribution is 6.33. The number of piperidine rings is 3. The molecule has 0 spiro atoms. The number of ether oxygens (including phenoxy) is 2. The Bertz CT molecular complexity index is 1740. The van der Waals surface area contributed by atoms with E-state index in [9.17, 15) is 32.3 Å². The maximum atomic E-state index is 14.1. The first-order valence-corrected chi connectivity index (χ1v) is 19.5. The van der Waals surface area contributed by atoms with Crippen LogP contribution in [0.5, 0.6) is 0 Å². The van der Waals surface area contributed by atoms with Gasteiger partial charge in [-0.05, 0) is 101 Å². The summed E-state index contributed by atoms with van der Waals surface area (Å²) in [5.74, 6) is -0.682. The summed E-state index contributed by atoms with van der Waals surface area (Å²) in [5.41, 5.74) is 5.28. The number of rotatable bonds is 8. The van der Waals surface area contributed by atoms with Crippen molar-refractivity contribution in [1.29, 1.82) is 0 Å². The Morgan fingerprint density at radius 1 is 0.964 bits per heavy atom. The molecule has 2 aromatic rings. The number of halogens is 4. The number of benzene rings is 2. The first kappa shape index (κ1) is 40.4. The lowest BCUT2D eigenvalue weighted by atomic mass is 9.79. The second-order valence-corrected chi connectivity index (χ2v) is 15.6. The third-order valence-corrected chi connectivity index (χ3v) is 12.0. The topological polar surface area (TPSA) is 138 Å². The molecule has 4 aliphatic rings. The zero-order valence-corrected chi connectivity index (χ0v) is 32.1. The van der Waals surface area contributed by atoms with Crippen LogP contribution in [0, 0.1) is 5.41 Å². The van der Waals surface area contributed by atoms with Crippen molar-refractivity contribution >= 4 is 47.0 Å². The van der Waals surface area contributed by atoms with Crippen LogP contribution in [-0.4, -0.2) is 114 Å². The van der Waals surface area contributed by atoms with Crippen molar-refractivity contribution in [2.75, 3.05) is 63.5 Å². The average molecular weight is 791 g/mol. The number of nitrogens with one attached hydrogen (secondary N) is 1. The second kappa shape index (κ2) is 16.9. The van der Waals surface area contributed by atoms with E-state index in [0.717, 1.165) is 30.4 Å². The van der Waals surface area contributed by atoms with Crippen molar-refractivity contribution in [2.45, 2.75) is 89.6 Å². The lowest BCUT2D eigenvalue weighted by Crippen LogP contribution is -2.54. The zero-order chi connectivity index (χ0) is 39.5. The molecular weight excluding hydrogens is 741 g/mol. The molecule has 3 fully saturated rings. The van der Waals surface area contributed by atoms with Crippen LogP contribution in [-0.2, 0) is 38.1 Å². The van der Waals surface area contributed by atoms with Gasteiger partial charge in [0.2, 0.25) is 0 Å². The number of carbonyl (C=O) groups excluding carboxylic acids is 4. The number of nitrogens with two attached hydrogens (primary N) is 1. The van der Waals surface area contributed by atoms with Crippen molar-refractivity contribution in [3.63, 3.8) is 0 Å². The molecule has 300 valence electrons. The number of hydrogen-bond donors (Lipinski definition) is 2. The Kier molecular flexibility index (Phi) is 12.4. The van der Waals surface area contributed by atoms with Gasteiger partial charge < -0.3 is 40.1 Å². The molecule has 0 radical (unpaired) electrons. The molecule has 3 N–H and O–H groups in total. The molecule has 12 nitrogen and oxygen atoms in total. The number of carbonyl (C=O) groups is 4. The predicted molar refractivity (Wildman–Crippen MR) is 200 cm³/mol. The summed E-state index contributed by atoms with van der Waals surface area (Å²) in [5, 5.41) is 2.67. The van der Waals surface area contributed by atoms with Crippen molar-refractivity contribution in [3.8, 4) is 0 Å². The summed E-state index contributed by atoms with van der Waals surface area (Å²) in [6.45, 7) is 7.31. The molecule has 0 aromatic heterocycles. The van der Waals surface area contributed by atoms with E-state index >= 15 is 0 Å². The minimum Gasteiger partial charge on any atom is -0.466 e. The molecule has 4 amide bonds. The molecule has 0 bridgehead atoms. The van der Waals surface area contributed by atoms with Crippen LogP contribution in [0.3, 0.4) is 0 Å². The molecule has 4 aliphatic heterocycles. The number of nitrogen functional groups attached to an aromatic ring is 1. The molecule has 0 aliphatic carbocycles. The van der Waals surface area contributed by atoms with Gasteiger partial charge in [0.15, 0.2) is 6.10 Å². The van der Waals surface area contributed by atoms with E-state index in [2.05, 4.69) is 10.2 Å². The molecule has 55 heavy (non-hydrogen) atoms. The van der Waals surface area contributed by atoms with Crippen LogP contribution in [0.1, 0.15) is 69.1 Å². The number of fused-ring (bicyclic) bond motifs is 1. The average Bonchev–Trinajstić information content (AvgIpc) is 3.33. The number of para-hydroxylation sites is 1. The number of alkyl halides is 3. The smallest absolute Gasteiger partial charge is 0.418 e. The van der Waals surface area contributed by atoms with Crippen LogP contribution in [0.4, 0.5) is 34.1 Å². The fourth-order valence-electron chi connectivity index (χ4n) is 8.26. The van der Waals surface area contributed by atoms with Gasteiger partial charge in [-0.15, -0.1) is 0 Å². The molecule has 3 saturated heterocycles. The number of hydrogen-bond acceptors (Lipinski definition) is 8. The maximum absolute atomic E-state index is 14.1. The number of likely N-dealkylation sites (tertiary alicyclic amines) is 3. The van der Waals surface area contributed by atoms with E-state index in [1.54, 1.807) is 16.7 Å². The fourth-order valence-corrected chi connectivity index (χ4v) is 8.50. The quantitative estimate of drug-likeness (QED) is 0.238. The standard InChI is InChI=1S/C39H50ClF3N6O6/c1-3-54-35(51)38(2)13-20-46(21-14-38)27-9-15-47(16-10-27)34(50)32(24-25-22-29(39(41,42)43)33(44)30(40)23-25)55-37(53)48-17-11-28(12-18-48)49-19-8-26-6-4-5-7-31(26)45-36(49)52/h4-7,22-23,27-28,32H,3,8-21,24,44H2,1-2H3,(H,45,52)/t32-/m1/s1. The van der Waals surface area contributed by atoms with Crippen molar-refractivity contribution in [2.24, 2.45) is 5.41 Å². The minimum atomic E-state index is -4.79. The van der Waals surface area contributed by atoms with Crippen molar-refractivity contribution in [3.05, 3.63) is 58.1 Å². The Morgan fingerprint density at radius 3 is 2.25 bits per heavy atom. The number of anilines is 2. The van der Waals surface area contributed by atoms with Gasteiger partial charge in [-0.1, -0.05) is 29.8 Å². The van der Waals surface area contributed by atoms with Gasteiger partial charge in [-0.3, -0.25) is 9.59 Å². The minimum absolute atomic E-state index is 0.0532. The number of esters is 1. The Labute approximate surface area is 324 Å². The largest absolute Gasteiger partial charge is 0.466 e. The second-order valence-electron chi connectivity index (χ2n) is 15.2. The van der Waals surface area contributed by atoms with Crippen LogP contribution in [0.25, 0.3) is 0 Å². The fraction of sp³-hybridized carbons (Fsp3) is 0.590. The van der Waals surface area contributed by atoms with Crippen LogP contribution >= 0.6 is 11.6 Å². The first-order valence-electron chi connectivity index (χ1n) is 19.1. The van der Waals surface area contributed by atoms with Gasteiger partial charge in [-0.2, -0.15) is 13.2 Å². The monoisotopic (exact) mass is 790 g/mol. The van der Waals surface area contributed by atoms with Gasteiger partial charge in [0.05, 0.1) is 28.3 Å². The van der Waals surface area contributed by atoms with Gasteiger partial charge in [0, 0.05) is 56.9 Å². The molecule has 4 heterocycles. The SMILES string of the molecule is CCOC(=O)C1(C)CCN(C2CCN(C(=O)[C@@H](Cc3cc(Cl)c(N)c(C(F)(F)F)c3)OC(=O)N3CCC(N4CCc5ccccc5NC4=O)CC3)CC2)CC1. The molecule has 0 saturated carbocycles. The molecule has 6 rings (SSSR count). The number of amides is 4. The van der Waals surface area contributed by atoms with Crippen LogP contribution < -0.4 is 11.1 Å². The van der Waals surface area contributed by atoms with Crippen molar-refractivity contribution in [1.82, 2.24) is 19.6 Å². The van der Waals surface area contributed by atoms with Crippen LogP contribution in [0.2, 0.25) is 5.02 Å². The van der Waals surface area contributed by atoms with Gasteiger partial charge in [0.25, 0.3) is 5.91 Å². The summed E-state index contributed by atoms with van der Waals surface area (Å²) in [6, 6.07) is 9.64. The number of nitrogens with zero attached hydrogens (tertiary/aromatic N) is 4. The highest BCUT2D eigenvalue weighted by Crippen LogP contribution is 2.39. The van der Waals surface area contributed by atoms with E-state index in [0.29, 0.717) is 71.2 Å². The molecular formula is C39H50ClF3N6O6. The van der Waals surface area contributed by atoms with Gasteiger partial charge in [0.1, 0.15) is 0 Å². The lowest BCUT2D eigenvalue weighted by molar-refractivity contribution is -0.158. The van der Waals surface area contributed by atoms with E-state index in [1.807, 2.05) is 31.2 Å². The summed E-state index contributed by atoms with van der Waals surface area (Å²) < 4.78 is 52.8. The van der Waals surface area contributed by atoms with E-state index < -0.39 is 40.9 Å². The Balaban J connectivity index is 1.10. The summed E-state index contributed by atoms with van der Waals surface area (Å²) >= 11 is 6.13. The van der Waals surface area contributed by atoms with E-state index in [-0.39, 0.29) is 54.2 Å². The highest BCUT2D eigenvalue weighted by Gasteiger charge is 2.42. The van der Waals surface area contributed by atoms with Gasteiger partial charge in [-0.25, -0.2) is 9.59 Å². The first-order chi connectivity index (χ1) is 26.2. The molecule has 1 atom stereocenters. The Morgan fingerprint density at radius 2 is 1.60 bits per heavy atom. The normalized spacial score (nSPS) is 20.6. The van der Waals surface area contributed by atoms with Crippen LogP contribution in [0.15, 0.2) is 36.4 Å². The summed E-state index contributed by atoms with van der Waals surface area (Å²) in [4.78, 5) is 60.6. The van der Waals surface area contributed by atoms with Gasteiger partial charge >= 0.3 is 24.3 Å². The molecule has 0 unspecified atom stereocenters. The summed E-state index contributed by atoms with van der Waals surface area (Å²) in [6.07, 6.45) is -2.99. The number of urea groups is 1. The highest BCUT2D eigenvalue weighted by atomic mass is 35.5. The summed E-state index contributed by atoms with van der Waals surface area (Å²) in [7, 11) is 0. The lowest BCUT2D eigenvalue weighted by Gasteiger charge is -2.44. The molecule has 2 aromatic carbocycles.